The lowest BCUT2D eigenvalue weighted by atomic mass is 9.94. The first-order chi connectivity index (χ1) is 19.7. The monoisotopic (exact) mass is 573 g/mol. The minimum absolute atomic E-state index is 0.293. The van der Waals surface area contributed by atoms with E-state index in [0.29, 0.717) is 78.5 Å². The molecule has 0 saturated carbocycles. The summed E-state index contributed by atoms with van der Waals surface area (Å²) >= 11 is 0. The standard InChI is InChI=1S/C29H39N3O9/c1-29(20-39-17-5-14-30-11-2-8-23(33)26(30)36,21-40-18-6-15-31-12-3-9-24(34)27(31)37)22-41-19-7-16-32-13-4-10-25(35)28(32)38/h2-4,8-13,33-35H,5-7,14-22H2,1H3. The van der Waals surface area contributed by atoms with E-state index in [1.807, 2.05) is 6.92 Å². The first-order valence-electron chi connectivity index (χ1n) is 13.6. The number of aryl methyl sites for hydroxylation is 3. The number of nitrogens with zero attached hydrogens (tertiary/aromatic N) is 3. The van der Waals surface area contributed by atoms with Crippen molar-refractivity contribution in [1.29, 1.82) is 0 Å². The van der Waals surface area contributed by atoms with Crippen molar-refractivity contribution < 1.29 is 29.5 Å². The Labute approximate surface area is 237 Å². The number of hydrogen-bond acceptors (Lipinski definition) is 9. The number of aromatic nitrogens is 3. The van der Waals surface area contributed by atoms with E-state index in [0.717, 1.165) is 0 Å². The third kappa shape index (κ3) is 9.92. The van der Waals surface area contributed by atoms with Crippen LogP contribution in [0.5, 0.6) is 17.2 Å². The molecule has 0 aliphatic carbocycles. The van der Waals surface area contributed by atoms with Crippen molar-refractivity contribution in [2.24, 2.45) is 5.41 Å². The summed E-state index contributed by atoms with van der Waals surface area (Å²) in [5.41, 5.74) is -1.83. The summed E-state index contributed by atoms with van der Waals surface area (Å²) in [6.07, 6.45) is 6.55. The summed E-state index contributed by atoms with van der Waals surface area (Å²) in [6.45, 7) is 5.35. The van der Waals surface area contributed by atoms with Crippen molar-refractivity contribution in [3.05, 3.63) is 86.1 Å². The molecule has 3 aromatic rings. The average Bonchev–Trinajstić information content (AvgIpc) is 2.95. The third-order valence-electron chi connectivity index (χ3n) is 6.41. The molecular weight excluding hydrogens is 534 g/mol. The molecule has 0 aliphatic heterocycles. The molecule has 0 saturated heterocycles. The lowest BCUT2D eigenvalue weighted by Gasteiger charge is -2.29. The van der Waals surface area contributed by atoms with E-state index in [9.17, 15) is 29.7 Å². The van der Waals surface area contributed by atoms with Crippen LogP contribution in [0.2, 0.25) is 0 Å². The molecule has 0 bridgehead atoms. The predicted molar refractivity (Wildman–Crippen MR) is 152 cm³/mol. The van der Waals surface area contributed by atoms with Crippen LogP contribution in [0.25, 0.3) is 0 Å². The number of pyridine rings is 3. The topological polar surface area (TPSA) is 154 Å². The molecule has 0 spiro atoms. The van der Waals surface area contributed by atoms with Crippen LogP contribution in [0.4, 0.5) is 0 Å². The van der Waals surface area contributed by atoms with Gasteiger partial charge < -0.3 is 43.2 Å². The molecule has 0 fully saturated rings. The minimum atomic E-state index is -0.494. The third-order valence-corrected chi connectivity index (χ3v) is 6.41. The van der Waals surface area contributed by atoms with Crippen molar-refractivity contribution in [3.63, 3.8) is 0 Å². The fraction of sp³-hybridized carbons (Fsp3) is 0.483. The molecule has 12 heteroatoms. The van der Waals surface area contributed by atoms with Gasteiger partial charge in [-0.15, -0.1) is 0 Å². The van der Waals surface area contributed by atoms with Gasteiger partial charge >= 0.3 is 0 Å². The van der Waals surface area contributed by atoms with E-state index in [1.165, 1.54) is 31.9 Å². The molecule has 41 heavy (non-hydrogen) atoms. The molecule has 224 valence electrons. The maximum atomic E-state index is 12.0. The van der Waals surface area contributed by atoms with Crippen molar-refractivity contribution in [1.82, 2.24) is 13.7 Å². The normalized spacial score (nSPS) is 11.6. The molecule has 3 aromatic heterocycles. The summed E-state index contributed by atoms with van der Waals surface area (Å²) in [5, 5.41) is 28.8. The molecule has 0 aromatic carbocycles. The lowest BCUT2D eigenvalue weighted by Crippen LogP contribution is -2.35. The average molecular weight is 574 g/mol. The molecule has 0 radical (unpaired) electrons. The van der Waals surface area contributed by atoms with E-state index in [4.69, 9.17) is 14.2 Å². The molecule has 0 aliphatic rings. The molecule has 0 amide bonds. The molecule has 3 rings (SSSR count). The highest BCUT2D eigenvalue weighted by molar-refractivity contribution is 5.16. The number of rotatable bonds is 18. The van der Waals surface area contributed by atoms with Gasteiger partial charge in [-0.2, -0.15) is 0 Å². The van der Waals surface area contributed by atoms with Gasteiger partial charge in [-0.3, -0.25) is 14.4 Å². The smallest absolute Gasteiger partial charge is 0.292 e. The van der Waals surface area contributed by atoms with E-state index in [2.05, 4.69) is 0 Å². The van der Waals surface area contributed by atoms with E-state index in [-0.39, 0.29) is 17.2 Å². The Morgan fingerprint density at radius 1 is 0.585 bits per heavy atom. The molecule has 3 N–H and O–H groups in total. The van der Waals surface area contributed by atoms with Crippen LogP contribution in [-0.4, -0.2) is 68.7 Å². The zero-order valence-corrected chi connectivity index (χ0v) is 23.3. The predicted octanol–water partition coefficient (Wildman–Crippen LogP) is 1.92. The zero-order chi connectivity index (χ0) is 29.7. The first kappa shape index (κ1) is 31.7. The molecule has 0 atom stereocenters. The molecule has 3 heterocycles. The summed E-state index contributed by atoms with van der Waals surface area (Å²) < 4.78 is 22.0. The van der Waals surface area contributed by atoms with Gasteiger partial charge in [0.15, 0.2) is 17.2 Å². The Morgan fingerprint density at radius 3 is 1.17 bits per heavy atom. The van der Waals surface area contributed by atoms with Gasteiger partial charge in [0.2, 0.25) is 0 Å². The SMILES string of the molecule is CC(COCCCn1cccc(O)c1=O)(COCCCn1cccc(O)c1=O)COCCCn1cccc(O)c1=O. The van der Waals surface area contributed by atoms with Crippen LogP contribution >= 0.6 is 0 Å². The van der Waals surface area contributed by atoms with E-state index in [1.54, 1.807) is 36.8 Å². The summed E-state index contributed by atoms with van der Waals surface area (Å²) in [6, 6.07) is 8.88. The van der Waals surface area contributed by atoms with Gasteiger partial charge in [0, 0.05) is 63.5 Å². The number of ether oxygens (including phenoxy) is 3. The van der Waals surface area contributed by atoms with Crippen molar-refractivity contribution in [2.45, 2.75) is 45.8 Å². The maximum Gasteiger partial charge on any atom is 0.292 e. The Balaban J connectivity index is 1.46. The number of aromatic hydroxyl groups is 3. The van der Waals surface area contributed by atoms with Gasteiger partial charge in [0.1, 0.15) is 0 Å². The van der Waals surface area contributed by atoms with Crippen LogP contribution in [-0.2, 0) is 33.8 Å². The molecule has 0 unspecified atom stereocenters. The fourth-order valence-corrected chi connectivity index (χ4v) is 4.19. The van der Waals surface area contributed by atoms with E-state index >= 15 is 0 Å². The zero-order valence-electron chi connectivity index (χ0n) is 23.3. The van der Waals surface area contributed by atoms with Gasteiger partial charge in [-0.25, -0.2) is 0 Å². The van der Waals surface area contributed by atoms with Crippen LogP contribution in [0.15, 0.2) is 69.4 Å². The minimum Gasteiger partial charge on any atom is -0.503 e. The van der Waals surface area contributed by atoms with Crippen molar-refractivity contribution in [2.75, 3.05) is 39.6 Å². The summed E-state index contributed by atoms with van der Waals surface area (Å²) in [4.78, 5) is 35.9. The van der Waals surface area contributed by atoms with Crippen LogP contribution in [0, 0.1) is 5.41 Å². The van der Waals surface area contributed by atoms with Gasteiger partial charge in [0.05, 0.1) is 19.8 Å². The second kappa shape index (κ2) is 15.8. The highest BCUT2D eigenvalue weighted by Gasteiger charge is 2.26. The summed E-state index contributed by atoms with van der Waals surface area (Å²) in [5.74, 6) is -0.880. The highest BCUT2D eigenvalue weighted by atomic mass is 16.5. The first-order valence-corrected chi connectivity index (χ1v) is 13.6. The van der Waals surface area contributed by atoms with Gasteiger partial charge in [-0.1, -0.05) is 6.92 Å². The van der Waals surface area contributed by atoms with Gasteiger partial charge in [-0.05, 0) is 55.7 Å². The largest absolute Gasteiger partial charge is 0.503 e. The molecule has 12 nitrogen and oxygen atoms in total. The van der Waals surface area contributed by atoms with Gasteiger partial charge in [0.25, 0.3) is 16.7 Å². The van der Waals surface area contributed by atoms with Crippen LogP contribution in [0.3, 0.4) is 0 Å². The second-order valence-corrected chi connectivity index (χ2v) is 10.2. The van der Waals surface area contributed by atoms with Crippen LogP contribution < -0.4 is 16.7 Å². The Hall–Kier alpha value is -3.87. The molecular formula is C29H39N3O9. The quantitative estimate of drug-likeness (QED) is 0.194. The number of hydrogen-bond donors (Lipinski definition) is 3. The fourth-order valence-electron chi connectivity index (χ4n) is 4.19. The Morgan fingerprint density at radius 2 is 0.878 bits per heavy atom. The second-order valence-electron chi connectivity index (χ2n) is 10.2. The van der Waals surface area contributed by atoms with Crippen molar-refractivity contribution in [3.8, 4) is 17.2 Å². The van der Waals surface area contributed by atoms with E-state index < -0.39 is 22.1 Å². The Kier molecular flexibility index (Phi) is 12.2. The maximum absolute atomic E-state index is 12.0. The lowest BCUT2D eigenvalue weighted by molar-refractivity contribution is -0.0617. The van der Waals surface area contributed by atoms with Crippen molar-refractivity contribution >= 4 is 0 Å². The Bertz CT molecular complexity index is 1250. The highest BCUT2D eigenvalue weighted by Crippen LogP contribution is 2.19. The summed E-state index contributed by atoms with van der Waals surface area (Å²) in [7, 11) is 0. The van der Waals surface area contributed by atoms with Crippen LogP contribution in [0.1, 0.15) is 26.2 Å².